The van der Waals surface area contributed by atoms with Gasteiger partial charge in [-0.1, -0.05) is 36.4 Å². The highest BCUT2D eigenvalue weighted by Crippen LogP contribution is 2.26. The van der Waals surface area contributed by atoms with Gasteiger partial charge in [-0.25, -0.2) is 4.79 Å². The number of hydrogen-bond acceptors (Lipinski definition) is 7. The van der Waals surface area contributed by atoms with E-state index >= 15 is 0 Å². The van der Waals surface area contributed by atoms with Crippen molar-refractivity contribution in [1.82, 2.24) is 0 Å². The Kier molecular flexibility index (Phi) is 6.33. The summed E-state index contributed by atoms with van der Waals surface area (Å²) < 4.78 is 4.87. The monoisotopic (exact) mass is 355 g/mol. The highest BCUT2D eigenvalue weighted by molar-refractivity contribution is 5.97. The zero-order valence-electron chi connectivity index (χ0n) is 13.6. The first-order valence-corrected chi connectivity index (χ1v) is 7.64. The van der Waals surface area contributed by atoms with E-state index in [1.807, 2.05) is 0 Å². The molecule has 2 aromatic carbocycles. The Morgan fingerprint density at radius 1 is 1.12 bits per heavy atom. The second kappa shape index (κ2) is 8.67. The third-order valence-electron chi connectivity index (χ3n) is 3.54. The normalized spacial score (nSPS) is 13.5. The van der Waals surface area contributed by atoms with Crippen molar-refractivity contribution < 1.29 is 30.0 Å². The van der Waals surface area contributed by atoms with Crippen LogP contribution in [-0.4, -0.2) is 39.1 Å². The summed E-state index contributed by atoms with van der Waals surface area (Å²) in [5.74, 6) is -1.72. The Bertz CT molecular complexity index is 841. The van der Waals surface area contributed by atoms with Crippen LogP contribution >= 0.6 is 0 Å². The van der Waals surface area contributed by atoms with Gasteiger partial charge < -0.3 is 25.2 Å². The first-order valence-electron chi connectivity index (χ1n) is 7.64. The number of ether oxygens (including phenoxy) is 1. The van der Waals surface area contributed by atoms with Gasteiger partial charge in [0, 0.05) is 0 Å². The van der Waals surface area contributed by atoms with Crippen LogP contribution in [0.4, 0.5) is 0 Å². The summed E-state index contributed by atoms with van der Waals surface area (Å²) in [6.07, 6.45) is -1.44. The van der Waals surface area contributed by atoms with Gasteiger partial charge in [-0.05, 0) is 29.3 Å². The fraction of sp³-hybridized carbons (Fsp3) is 0.158. The van der Waals surface area contributed by atoms with E-state index in [0.29, 0.717) is 11.1 Å². The number of phenolic OH excluding ortho intramolecular Hbond substituents is 2. The van der Waals surface area contributed by atoms with Crippen LogP contribution in [0, 0.1) is 11.3 Å². The number of aliphatic hydroxyl groups excluding tert-OH is 2. The van der Waals surface area contributed by atoms with Crippen molar-refractivity contribution in [2.75, 3.05) is 6.61 Å². The lowest BCUT2D eigenvalue weighted by molar-refractivity contribution is -0.143. The van der Waals surface area contributed by atoms with Crippen molar-refractivity contribution in [3.8, 4) is 17.6 Å². The third kappa shape index (κ3) is 4.83. The Balaban J connectivity index is 2.01. The minimum absolute atomic E-state index is 0.304. The molecule has 0 heterocycles. The third-order valence-corrected chi connectivity index (χ3v) is 3.54. The number of aliphatic hydroxyl groups is 2. The topological polar surface area (TPSA) is 131 Å². The van der Waals surface area contributed by atoms with Crippen molar-refractivity contribution in [3.63, 3.8) is 0 Å². The smallest absolute Gasteiger partial charge is 0.348 e. The zero-order chi connectivity index (χ0) is 19.1. The molecule has 7 heteroatoms. The SMILES string of the molecule is N#CC(=Cc1ccc(O)c(O)c1)C(=O)OCC(O)C(O)c1ccccc1. The average molecular weight is 355 g/mol. The van der Waals surface area contributed by atoms with Crippen molar-refractivity contribution >= 4 is 12.0 Å². The minimum Gasteiger partial charge on any atom is -0.504 e. The van der Waals surface area contributed by atoms with Crippen LogP contribution in [0.2, 0.25) is 0 Å². The maximum absolute atomic E-state index is 12.0. The van der Waals surface area contributed by atoms with Gasteiger partial charge in [-0.2, -0.15) is 5.26 Å². The van der Waals surface area contributed by atoms with Crippen LogP contribution < -0.4 is 0 Å². The fourth-order valence-corrected chi connectivity index (χ4v) is 2.14. The van der Waals surface area contributed by atoms with Gasteiger partial charge in [0.05, 0.1) is 0 Å². The zero-order valence-corrected chi connectivity index (χ0v) is 13.6. The van der Waals surface area contributed by atoms with E-state index in [2.05, 4.69) is 0 Å². The summed E-state index contributed by atoms with van der Waals surface area (Å²) in [5, 5.41) is 47.7. The molecule has 2 unspecified atom stereocenters. The molecule has 7 nitrogen and oxygen atoms in total. The molecule has 0 spiro atoms. The van der Waals surface area contributed by atoms with Crippen LogP contribution in [0.3, 0.4) is 0 Å². The number of carbonyl (C=O) groups is 1. The molecule has 4 N–H and O–H groups in total. The molecule has 2 atom stereocenters. The highest BCUT2D eigenvalue weighted by atomic mass is 16.5. The Morgan fingerprint density at radius 3 is 2.42 bits per heavy atom. The fourth-order valence-electron chi connectivity index (χ4n) is 2.14. The Labute approximate surface area is 149 Å². The van der Waals surface area contributed by atoms with Gasteiger partial charge in [-0.15, -0.1) is 0 Å². The van der Waals surface area contributed by atoms with Gasteiger partial charge in [0.25, 0.3) is 0 Å². The summed E-state index contributed by atoms with van der Waals surface area (Å²) >= 11 is 0. The highest BCUT2D eigenvalue weighted by Gasteiger charge is 2.21. The van der Waals surface area contributed by atoms with E-state index in [1.54, 1.807) is 36.4 Å². The first kappa shape index (κ1) is 19.0. The molecule has 0 aromatic heterocycles. The number of phenols is 2. The number of nitrogens with zero attached hydrogens (tertiary/aromatic N) is 1. The van der Waals surface area contributed by atoms with Gasteiger partial charge in [0.15, 0.2) is 11.5 Å². The number of nitriles is 1. The minimum atomic E-state index is -1.36. The summed E-state index contributed by atoms with van der Waals surface area (Å²) in [6, 6.07) is 13.8. The van der Waals surface area contributed by atoms with Crippen LogP contribution in [0.1, 0.15) is 17.2 Å². The predicted molar refractivity (Wildman–Crippen MR) is 91.7 cm³/mol. The largest absolute Gasteiger partial charge is 0.504 e. The van der Waals surface area contributed by atoms with E-state index in [-0.39, 0.29) is 11.3 Å². The number of carbonyl (C=O) groups excluding carboxylic acids is 1. The molecule has 0 aliphatic carbocycles. The molecule has 0 saturated carbocycles. The number of aromatic hydroxyl groups is 2. The van der Waals surface area contributed by atoms with Crippen LogP contribution in [0.5, 0.6) is 11.5 Å². The molecule has 2 rings (SSSR count). The van der Waals surface area contributed by atoms with Crippen molar-refractivity contribution in [1.29, 1.82) is 5.26 Å². The molecule has 0 amide bonds. The lowest BCUT2D eigenvalue weighted by atomic mass is 10.1. The van der Waals surface area contributed by atoms with Gasteiger partial charge >= 0.3 is 5.97 Å². The Morgan fingerprint density at radius 2 is 1.81 bits per heavy atom. The molecule has 0 saturated heterocycles. The van der Waals surface area contributed by atoms with Crippen molar-refractivity contribution in [2.45, 2.75) is 12.2 Å². The van der Waals surface area contributed by atoms with Crippen molar-refractivity contribution in [2.24, 2.45) is 0 Å². The molecule has 0 radical (unpaired) electrons. The predicted octanol–water partition coefficient (Wildman–Crippen LogP) is 1.64. The van der Waals surface area contributed by atoms with Crippen molar-refractivity contribution in [3.05, 3.63) is 65.2 Å². The van der Waals surface area contributed by atoms with Crippen LogP contribution in [0.25, 0.3) is 6.08 Å². The summed E-state index contributed by atoms with van der Waals surface area (Å²) in [4.78, 5) is 12.0. The summed E-state index contributed by atoms with van der Waals surface area (Å²) in [5.41, 5.74) is 0.404. The lowest BCUT2D eigenvalue weighted by Crippen LogP contribution is -2.26. The average Bonchev–Trinajstić information content (AvgIpc) is 2.66. The van der Waals surface area contributed by atoms with E-state index in [0.717, 1.165) is 0 Å². The van der Waals surface area contributed by atoms with Gasteiger partial charge in [0.2, 0.25) is 0 Å². The van der Waals surface area contributed by atoms with E-state index in [9.17, 15) is 25.2 Å². The van der Waals surface area contributed by atoms with Crippen LogP contribution in [-0.2, 0) is 9.53 Å². The maximum atomic E-state index is 12.0. The van der Waals surface area contributed by atoms with E-state index < -0.39 is 30.5 Å². The number of rotatable bonds is 6. The van der Waals surface area contributed by atoms with Gasteiger partial charge in [-0.3, -0.25) is 0 Å². The first-order chi connectivity index (χ1) is 12.4. The number of benzene rings is 2. The standard InChI is InChI=1S/C19H17NO6/c20-10-14(8-12-6-7-15(21)16(22)9-12)19(25)26-11-17(23)18(24)13-4-2-1-3-5-13/h1-9,17-18,21-24H,11H2. The molecule has 0 aliphatic rings. The van der Waals surface area contributed by atoms with E-state index in [4.69, 9.17) is 10.00 Å². The molecular formula is C19H17NO6. The second-order valence-corrected chi connectivity index (χ2v) is 5.44. The molecule has 0 bridgehead atoms. The molecule has 134 valence electrons. The Hall–Kier alpha value is -3.34. The van der Waals surface area contributed by atoms with E-state index in [1.165, 1.54) is 24.3 Å². The summed E-state index contributed by atoms with van der Waals surface area (Å²) in [6.45, 7) is -0.505. The second-order valence-electron chi connectivity index (χ2n) is 5.44. The molecule has 0 aliphatic heterocycles. The molecule has 2 aromatic rings. The number of esters is 1. The lowest BCUT2D eigenvalue weighted by Gasteiger charge is -2.17. The van der Waals surface area contributed by atoms with Crippen LogP contribution in [0.15, 0.2) is 54.1 Å². The summed E-state index contributed by atoms with van der Waals surface area (Å²) in [7, 11) is 0. The molecule has 0 fully saturated rings. The maximum Gasteiger partial charge on any atom is 0.348 e. The quantitative estimate of drug-likeness (QED) is 0.268. The van der Waals surface area contributed by atoms with Gasteiger partial charge in [0.1, 0.15) is 30.5 Å². The molecular weight excluding hydrogens is 338 g/mol. The number of hydrogen-bond donors (Lipinski definition) is 4. The molecule has 26 heavy (non-hydrogen) atoms.